The Hall–Kier alpha value is -2.84. The van der Waals surface area contributed by atoms with E-state index in [1.54, 1.807) is 18.2 Å². The Morgan fingerprint density at radius 3 is 2.46 bits per heavy atom. The zero-order valence-electron chi connectivity index (χ0n) is 15.5. The van der Waals surface area contributed by atoms with Crippen molar-refractivity contribution in [2.24, 2.45) is 0 Å². The highest BCUT2D eigenvalue weighted by molar-refractivity contribution is 6.30. The molecule has 3 aromatic rings. The fraction of sp³-hybridized carbons (Fsp3) is 0.160. The lowest BCUT2D eigenvalue weighted by atomic mass is 9.90. The molecule has 0 saturated carbocycles. The average molecular weight is 389 g/mol. The number of aryl methyl sites for hydroxylation is 2. The quantitative estimate of drug-likeness (QED) is 0.350. The fourth-order valence-electron chi connectivity index (χ4n) is 3.48. The van der Waals surface area contributed by atoms with Crippen LogP contribution in [0.4, 0.5) is 0 Å². The molecule has 0 heterocycles. The maximum atomic E-state index is 12.6. The van der Waals surface area contributed by atoms with Gasteiger partial charge in [-0.25, -0.2) is 0 Å². The maximum absolute atomic E-state index is 12.6. The standard InChI is InChI=1S/C25H21ClO2/c26-22-11-13-23(14-12-22)28-24-7-3-4-18(16-24)8-15-25(27)21-10-9-19-5-1-2-6-20(19)17-21/h3-4,7-17H,1-2,5-6H2/b15-8+. The summed E-state index contributed by atoms with van der Waals surface area (Å²) in [4.78, 5) is 12.6. The minimum absolute atomic E-state index is 0.0254. The van der Waals surface area contributed by atoms with E-state index < -0.39 is 0 Å². The molecule has 0 spiro atoms. The van der Waals surface area contributed by atoms with Gasteiger partial charge in [0.15, 0.2) is 5.78 Å². The number of halogens is 1. The van der Waals surface area contributed by atoms with Crippen molar-refractivity contribution < 1.29 is 9.53 Å². The van der Waals surface area contributed by atoms with Gasteiger partial charge in [-0.05, 0) is 90.9 Å². The average Bonchev–Trinajstić information content (AvgIpc) is 2.73. The van der Waals surface area contributed by atoms with E-state index in [9.17, 15) is 4.79 Å². The molecule has 1 aliphatic carbocycles. The maximum Gasteiger partial charge on any atom is 0.185 e. The van der Waals surface area contributed by atoms with E-state index in [1.807, 2.05) is 48.5 Å². The van der Waals surface area contributed by atoms with Gasteiger partial charge in [-0.15, -0.1) is 0 Å². The van der Waals surface area contributed by atoms with Crippen LogP contribution in [0.5, 0.6) is 11.5 Å². The van der Waals surface area contributed by atoms with Gasteiger partial charge >= 0.3 is 0 Å². The van der Waals surface area contributed by atoms with E-state index in [1.165, 1.54) is 24.0 Å². The minimum Gasteiger partial charge on any atom is -0.457 e. The van der Waals surface area contributed by atoms with Gasteiger partial charge < -0.3 is 4.74 Å². The Morgan fingerprint density at radius 2 is 1.64 bits per heavy atom. The molecule has 0 saturated heterocycles. The van der Waals surface area contributed by atoms with E-state index in [4.69, 9.17) is 16.3 Å². The van der Waals surface area contributed by atoms with E-state index in [0.717, 1.165) is 29.7 Å². The smallest absolute Gasteiger partial charge is 0.185 e. The van der Waals surface area contributed by atoms with Crippen LogP contribution in [0.1, 0.15) is 39.9 Å². The molecular weight excluding hydrogens is 368 g/mol. The van der Waals surface area contributed by atoms with Crippen molar-refractivity contribution in [1.82, 2.24) is 0 Å². The van der Waals surface area contributed by atoms with Crippen LogP contribution in [0.15, 0.2) is 72.8 Å². The summed E-state index contributed by atoms with van der Waals surface area (Å²) in [6.45, 7) is 0. The largest absolute Gasteiger partial charge is 0.457 e. The third-order valence-corrected chi connectivity index (χ3v) is 5.22. The second kappa shape index (κ2) is 8.45. The van der Waals surface area contributed by atoms with Gasteiger partial charge in [0, 0.05) is 10.6 Å². The van der Waals surface area contributed by atoms with Gasteiger partial charge in [-0.2, -0.15) is 0 Å². The van der Waals surface area contributed by atoms with Crippen molar-refractivity contribution in [3.8, 4) is 11.5 Å². The van der Waals surface area contributed by atoms with E-state index in [2.05, 4.69) is 12.1 Å². The lowest BCUT2D eigenvalue weighted by Gasteiger charge is -2.15. The van der Waals surface area contributed by atoms with E-state index in [0.29, 0.717) is 10.8 Å². The van der Waals surface area contributed by atoms with Gasteiger partial charge in [0.1, 0.15) is 11.5 Å². The molecule has 0 unspecified atom stereocenters. The molecule has 4 rings (SSSR count). The van der Waals surface area contributed by atoms with Crippen LogP contribution in [-0.2, 0) is 12.8 Å². The summed E-state index contributed by atoms with van der Waals surface area (Å²) in [6, 6.07) is 21.0. The van der Waals surface area contributed by atoms with Crippen molar-refractivity contribution in [3.05, 3.63) is 100 Å². The lowest BCUT2D eigenvalue weighted by molar-refractivity contribution is 0.104. The minimum atomic E-state index is 0.0254. The number of benzene rings is 3. The van der Waals surface area contributed by atoms with Crippen molar-refractivity contribution in [1.29, 1.82) is 0 Å². The summed E-state index contributed by atoms with van der Waals surface area (Å²) < 4.78 is 5.85. The molecule has 1 aliphatic rings. The number of rotatable bonds is 5. The highest BCUT2D eigenvalue weighted by Crippen LogP contribution is 2.25. The first-order valence-electron chi connectivity index (χ1n) is 9.55. The van der Waals surface area contributed by atoms with Crippen molar-refractivity contribution >= 4 is 23.5 Å². The van der Waals surface area contributed by atoms with Gasteiger partial charge in [-0.3, -0.25) is 4.79 Å². The van der Waals surface area contributed by atoms with Crippen molar-refractivity contribution in [2.75, 3.05) is 0 Å². The van der Waals surface area contributed by atoms with Crippen LogP contribution in [0.3, 0.4) is 0 Å². The zero-order valence-corrected chi connectivity index (χ0v) is 16.3. The van der Waals surface area contributed by atoms with E-state index >= 15 is 0 Å². The number of allylic oxidation sites excluding steroid dienone is 1. The molecule has 3 aromatic carbocycles. The number of ketones is 1. The number of hydrogen-bond donors (Lipinski definition) is 0. The van der Waals surface area contributed by atoms with Gasteiger partial charge in [0.2, 0.25) is 0 Å². The Bertz CT molecular complexity index is 1020. The second-order valence-electron chi connectivity index (χ2n) is 7.02. The first kappa shape index (κ1) is 18.5. The van der Waals surface area contributed by atoms with E-state index in [-0.39, 0.29) is 5.78 Å². The van der Waals surface area contributed by atoms with Gasteiger partial charge in [0.25, 0.3) is 0 Å². The first-order chi connectivity index (χ1) is 13.7. The molecule has 0 bridgehead atoms. The SMILES string of the molecule is O=C(/C=C/c1cccc(Oc2ccc(Cl)cc2)c1)c1ccc2c(c1)CCCC2. The van der Waals surface area contributed by atoms with Crippen LogP contribution in [0, 0.1) is 0 Å². The predicted molar refractivity (Wildman–Crippen MR) is 114 cm³/mol. The highest BCUT2D eigenvalue weighted by atomic mass is 35.5. The zero-order chi connectivity index (χ0) is 19.3. The van der Waals surface area contributed by atoms with Crippen molar-refractivity contribution in [2.45, 2.75) is 25.7 Å². The Morgan fingerprint density at radius 1 is 0.857 bits per heavy atom. The monoisotopic (exact) mass is 388 g/mol. The molecule has 0 amide bonds. The van der Waals surface area contributed by atoms with Crippen LogP contribution in [0.2, 0.25) is 5.02 Å². The third kappa shape index (κ3) is 4.52. The molecule has 0 fully saturated rings. The van der Waals surface area contributed by atoms with Gasteiger partial charge in [0.05, 0.1) is 0 Å². The topological polar surface area (TPSA) is 26.3 Å². The number of carbonyl (C=O) groups excluding carboxylic acids is 1. The van der Waals surface area contributed by atoms with Crippen LogP contribution < -0.4 is 4.74 Å². The molecule has 0 N–H and O–H groups in total. The van der Waals surface area contributed by atoms with Crippen LogP contribution in [-0.4, -0.2) is 5.78 Å². The number of fused-ring (bicyclic) bond motifs is 1. The fourth-order valence-corrected chi connectivity index (χ4v) is 3.60. The first-order valence-corrected chi connectivity index (χ1v) is 9.93. The Kier molecular flexibility index (Phi) is 5.59. The predicted octanol–water partition coefficient (Wildman–Crippen LogP) is 6.91. The molecule has 0 atom stereocenters. The normalized spacial score (nSPS) is 13.3. The molecule has 0 radical (unpaired) electrons. The Balaban J connectivity index is 1.47. The summed E-state index contributed by atoms with van der Waals surface area (Å²) >= 11 is 5.90. The lowest BCUT2D eigenvalue weighted by Crippen LogP contribution is -2.05. The molecule has 0 aliphatic heterocycles. The molecular formula is C25H21ClO2. The number of hydrogen-bond acceptors (Lipinski definition) is 2. The summed E-state index contributed by atoms with van der Waals surface area (Å²) in [5.74, 6) is 1.46. The summed E-state index contributed by atoms with van der Waals surface area (Å²) in [6.07, 6.45) is 8.11. The van der Waals surface area contributed by atoms with Crippen molar-refractivity contribution in [3.63, 3.8) is 0 Å². The summed E-state index contributed by atoms with van der Waals surface area (Å²) in [5, 5.41) is 0.671. The molecule has 28 heavy (non-hydrogen) atoms. The summed E-state index contributed by atoms with van der Waals surface area (Å²) in [5.41, 5.74) is 4.38. The molecule has 3 heteroatoms. The Labute approximate surface area is 170 Å². The molecule has 0 aromatic heterocycles. The summed E-state index contributed by atoms with van der Waals surface area (Å²) in [7, 11) is 0. The highest BCUT2D eigenvalue weighted by Gasteiger charge is 2.11. The number of carbonyl (C=O) groups is 1. The van der Waals surface area contributed by atoms with Crippen LogP contribution in [0.25, 0.3) is 6.08 Å². The van der Waals surface area contributed by atoms with Crippen LogP contribution >= 0.6 is 11.6 Å². The second-order valence-corrected chi connectivity index (χ2v) is 7.45. The third-order valence-electron chi connectivity index (χ3n) is 4.97. The molecule has 2 nitrogen and oxygen atoms in total. The molecule has 140 valence electrons. The number of ether oxygens (including phenoxy) is 1. The van der Waals surface area contributed by atoms with Gasteiger partial charge in [-0.1, -0.05) is 41.9 Å².